The van der Waals surface area contributed by atoms with Crippen LogP contribution in [-0.2, 0) is 0 Å². The Labute approximate surface area is 157 Å². The number of hydrogen-bond donors (Lipinski definition) is 1. The normalized spacial score (nSPS) is 13.8. The molecule has 0 unspecified atom stereocenters. The zero-order valence-electron chi connectivity index (χ0n) is 15.2. The highest BCUT2D eigenvalue weighted by atomic mass is 19.1. The van der Waals surface area contributed by atoms with Gasteiger partial charge in [-0.3, -0.25) is 4.79 Å². The standard InChI is InChI=1S/C21H21FN4O/c1-15-14-18(25-11-2-3-12-25)8-9-19(15)23-21(27)20-10-13-26(24-20)17-6-4-16(22)5-7-17/h4-10,13-14H,2-3,11-12H2,1H3,(H,23,27). The molecule has 2 heterocycles. The minimum atomic E-state index is -0.309. The molecule has 6 heteroatoms. The summed E-state index contributed by atoms with van der Waals surface area (Å²) in [5.74, 6) is -0.579. The van der Waals surface area contributed by atoms with Crippen LogP contribution in [0.25, 0.3) is 5.69 Å². The van der Waals surface area contributed by atoms with Crippen LogP contribution in [-0.4, -0.2) is 28.8 Å². The van der Waals surface area contributed by atoms with Crippen LogP contribution in [0.1, 0.15) is 28.9 Å². The Kier molecular flexibility index (Phi) is 4.62. The summed E-state index contributed by atoms with van der Waals surface area (Å²) in [6, 6.07) is 13.7. The fourth-order valence-electron chi connectivity index (χ4n) is 3.33. The van der Waals surface area contributed by atoms with Gasteiger partial charge in [0.25, 0.3) is 5.91 Å². The lowest BCUT2D eigenvalue weighted by atomic mass is 10.1. The number of rotatable bonds is 4. The first-order valence-corrected chi connectivity index (χ1v) is 9.09. The Morgan fingerprint density at radius 2 is 1.74 bits per heavy atom. The number of anilines is 2. The van der Waals surface area contributed by atoms with Crippen LogP contribution in [0.2, 0.25) is 0 Å². The maximum absolute atomic E-state index is 13.0. The molecule has 1 amide bonds. The molecule has 1 saturated heterocycles. The van der Waals surface area contributed by atoms with Gasteiger partial charge in [0.15, 0.2) is 5.69 Å². The van der Waals surface area contributed by atoms with Crippen LogP contribution in [0.4, 0.5) is 15.8 Å². The van der Waals surface area contributed by atoms with Gasteiger partial charge < -0.3 is 10.2 Å². The topological polar surface area (TPSA) is 50.2 Å². The number of carbonyl (C=O) groups excluding carboxylic acids is 1. The third-order valence-electron chi connectivity index (χ3n) is 4.84. The molecule has 1 aliphatic rings. The SMILES string of the molecule is Cc1cc(N2CCCC2)ccc1NC(=O)c1ccn(-c2ccc(F)cc2)n1. The van der Waals surface area contributed by atoms with Crippen molar-refractivity contribution in [1.82, 2.24) is 9.78 Å². The summed E-state index contributed by atoms with van der Waals surface area (Å²) in [5.41, 5.74) is 4.00. The molecule has 4 rings (SSSR count). The molecule has 0 radical (unpaired) electrons. The van der Waals surface area contributed by atoms with Crippen molar-refractivity contribution in [2.24, 2.45) is 0 Å². The van der Waals surface area contributed by atoms with E-state index in [-0.39, 0.29) is 11.7 Å². The quantitative estimate of drug-likeness (QED) is 0.756. The molecule has 5 nitrogen and oxygen atoms in total. The van der Waals surface area contributed by atoms with Crippen molar-refractivity contribution >= 4 is 17.3 Å². The van der Waals surface area contributed by atoms with Crippen LogP contribution in [0, 0.1) is 12.7 Å². The number of carbonyl (C=O) groups is 1. The van der Waals surface area contributed by atoms with Crippen LogP contribution in [0.15, 0.2) is 54.7 Å². The number of aryl methyl sites for hydroxylation is 1. The minimum Gasteiger partial charge on any atom is -0.372 e. The molecule has 1 aliphatic heterocycles. The number of nitrogens with zero attached hydrogens (tertiary/aromatic N) is 3. The predicted molar refractivity (Wildman–Crippen MR) is 104 cm³/mol. The molecule has 1 aromatic heterocycles. The highest BCUT2D eigenvalue weighted by molar-refractivity contribution is 6.03. The first-order valence-electron chi connectivity index (χ1n) is 9.09. The van der Waals surface area contributed by atoms with E-state index in [0.29, 0.717) is 11.4 Å². The summed E-state index contributed by atoms with van der Waals surface area (Å²) in [6.45, 7) is 4.17. The summed E-state index contributed by atoms with van der Waals surface area (Å²) < 4.78 is 14.6. The summed E-state index contributed by atoms with van der Waals surface area (Å²) in [6.07, 6.45) is 4.15. The van der Waals surface area contributed by atoms with Gasteiger partial charge in [-0.05, 0) is 73.9 Å². The zero-order valence-corrected chi connectivity index (χ0v) is 15.2. The fraction of sp³-hybridized carbons (Fsp3) is 0.238. The molecule has 0 bridgehead atoms. The first-order chi connectivity index (χ1) is 13.1. The van der Waals surface area contributed by atoms with Gasteiger partial charge in [-0.2, -0.15) is 5.10 Å². The van der Waals surface area contributed by atoms with Crippen molar-refractivity contribution in [3.8, 4) is 5.69 Å². The number of halogens is 1. The Balaban J connectivity index is 1.48. The molecule has 0 saturated carbocycles. The van der Waals surface area contributed by atoms with Gasteiger partial charge in [-0.15, -0.1) is 0 Å². The maximum Gasteiger partial charge on any atom is 0.276 e. The van der Waals surface area contributed by atoms with Gasteiger partial charge in [-0.1, -0.05) is 0 Å². The lowest BCUT2D eigenvalue weighted by Crippen LogP contribution is -2.18. The van der Waals surface area contributed by atoms with Crippen molar-refractivity contribution < 1.29 is 9.18 Å². The third kappa shape index (κ3) is 3.69. The van der Waals surface area contributed by atoms with E-state index < -0.39 is 0 Å². The van der Waals surface area contributed by atoms with E-state index in [0.717, 1.165) is 24.3 Å². The fourth-order valence-corrected chi connectivity index (χ4v) is 3.33. The smallest absolute Gasteiger partial charge is 0.276 e. The largest absolute Gasteiger partial charge is 0.372 e. The predicted octanol–water partition coefficient (Wildman–Crippen LogP) is 4.17. The number of amides is 1. The van der Waals surface area contributed by atoms with E-state index >= 15 is 0 Å². The van der Waals surface area contributed by atoms with Crippen molar-refractivity contribution in [3.05, 3.63) is 71.8 Å². The molecule has 27 heavy (non-hydrogen) atoms. The van der Waals surface area contributed by atoms with Gasteiger partial charge in [0.05, 0.1) is 5.69 Å². The van der Waals surface area contributed by atoms with Crippen LogP contribution >= 0.6 is 0 Å². The summed E-state index contributed by atoms with van der Waals surface area (Å²) in [7, 11) is 0. The van der Waals surface area contributed by atoms with Crippen molar-refractivity contribution in [1.29, 1.82) is 0 Å². The van der Waals surface area contributed by atoms with Gasteiger partial charge in [0.2, 0.25) is 0 Å². The molecular weight excluding hydrogens is 343 g/mol. The Morgan fingerprint density at radius 3 is 2.44 bits per heavy atom. The van der Waals surface area contributed by atoms with Crippen molar-refractivity contribution in [2.75, 3.05) is 23.3 Å². The van der Waals surface area contributed by atoms with Crippen LogP contribution < -0.4 is 10.2 Å². The Bertz CT molecular complexity index is 959. The summed E-state index contributed by atoms with van der Waals surface area (Å²) >= 11 is 0. The first kappa shape index (κ1) is 17.3. The van der Waals surface area contributed by atoms with Crippen molar-refractivity contribution in [2.45, 2.75) is 19.8 Å². The van der Waals surface area contributed by atoms with E-state index in [1.807, 2.05) is 19.1 Å². The second-order valence-electron chi connectivity index (χ2n) is 6.77. The minimum absolute atomic E-state index is 0.270. The molecule has 138 valence electrons. The van der Waals surface area contributed by atoms with E-state index in [1.165, 1.54) is 30.7 Å². The third-order valence-corrected chi connectivity index (χ3v) is 4.84. The van der Waals surface area contributed by atoms with E-state index in [1.54, 1.807) is 29.1 Å². The monoisotopic (exact) mass is 364 g/mol. The molecule has 1 N–H and O–H groups in total. The highest BCUT2D eigenvalue weighted by Gasteiger charge is 2.15. The van der Waals surface area contributed by atoms with Crippen molar-refractivity contribution in [3.63, 3.8) is 0 Å². The molecule has 2 aromatic carbocycles. The van der Waals surface area contributed by atoms with E-state index in [9.17, 15) is 9.18 Å². The van der Waals surface area contributed by atoms with Gasteiger partial charge >= 0.3 is 0 Å². The van der Waals surface area contributed by atoms with E-state index in [4.69, 9.17) is 0 Å². The molecule has 1 fully saturated rings. The Morgan fingerprint density at radius 1 is 1.04 bits per heavy atom. The number of benzene rings is 2. The molecule has 3 aromatic rings. The average molecular weight is 364 g/mol. The second kappa shape index (κ2) is 7.23. The number of nitrogens with one attached hydrogen (secondary N) is 1. The van der Waals surface area contributed by atoms with Gasteiger partial charge in [0, 0.05) is 30.7 Å². The lowest BCUT2D eigenvalue weighted by molar-refractivity contribution is 0.102. The zero-order chi connectivity index (χ0) is 18.8. The molecule has 0 atom stereocenters. The highest BCUT2D eigenvalue weighted by Crippen LogP contribution is 2.25. The van der Waals surface area contributed by atoms with Gasteiger partial charge in [0.1, 0.15) is 5.82 Å². The Hall–Kier alpha value is -3.15. The molecule has 0 spiro atoms. The van der Waals surface area contributed by atoms with Crippen LogP contribution in [0.3, 0.4) is 0 Å². The number of aromatic nitrogens is 2. The summed E-state index contributed by atoms with van der Waals surface area (Å²) in [5, 5.41) is 7.22. The number of hydrogen-bond acceptors (Lipinski definition) is 3. The maximum atomic E-state index is 13.0. The molecule has 0 aliphatic carbocycles. The lowest BCUT2D eigenvalue weighted by Gasteiger charge is -2.19. The second-order valence-corrected chi connectivity index (χ2v) is 6.77. The summed E-state index contributed by atoms with van der Waals surface area (Å²) in [4.78, 5) is 14.9. The average Bonchev–Trinajstić information content (AvgIpc) is 3.36. The van der Waals surface area contributed by atoms with E-state index in [2.05, 4.69) is 21.4 Å². The van der Waals surface area contributed by atoms with Crippen LogP contribution in [0.5, 0.6) is 0 Å². The molecular formula is C21H21FN4O. The van der Waals surface area contributed by atoms with Gasteiger partial charge in [-0.25, -0.2) is 9.07 Å².